The van der Waals surface area contributed by atoms with Crippen molar-refractivity contribution in [2.45, 2.75) is 53.1 Å². The first-order valence-electron chi connectivity index (χ1n) is 12.0. The predicted molar refractivity (Wildman–Crippen MR) is 124 cm³/mol. The number of nitrogens with zero attached hydrogens (tertiary/aromatic N) is 2. The fourth-order valence-corrected chi connectivity index (χ4v) is 4.56. The van der Waals surface area contributed by atoms with Gasteiger partial charge in [0.15, 0.2) is 0 Å². The van der Waals surface area contributed by atoms with E-state index in [2.05, 4.69) is 15.2 Å². The van der Waals surface area contributed by atoms with Gasteiger partial charge < -0.3 is 24.7 Å². The third kappa shape index (κ3) is 6.57. The summed E-state index contributed by atoms with van der Waals surface area (Å²) in [6.07, 6.45) is 2.21. The van der Waals surface area contributed by atoms with E-state index in [1.807, 2.05) is 0 Å². The van der Waals surface area contributed by atoms with Crippen LogP contribution in [-0.4, -0.2) is 91.2 Å². The minimum atomic E-state index is -0.428. The molecule has 33 heavy (non-hydrogen) atoms. The van der Waals surface area contributed by atoms with Crippen molar-refractivity contribution in [2.75, 3.05) is 52.5 Å². The fraction of sp³-hybridized carbons (Fsp3) is 0.708. The molecular formula is C24H38N4O5. The molecule has 0 bridgehead atoms. The third-order valence-corrected chi connectivity index (χ3v) is 6.33. The number of likely N-dealkylation sites (tertiary alicyclic amines) is 1. The molecule has 2 amide bonds. The van der Waals surface area contributed by atoms with Crippen molar-refractivity contribution in [3.05, 3.63) is 22.5 Å². The van der Waals surface area contributed by atoms with E-state index < -0.39 is 5.97 Å². The number of hydrogen-bond donors (Lipinski definition) is 2. The Kier molecular flexibility index (Phi) is 8.91. The van der Waals surface area contributed by atoms with Gasteiger partial charge in [0.05, 0.1) is 30.8 Å². The lowest BCUT2D eigenvalue weighted by molar-refractivity contribution is -0.126. The molecule has 0 unspecified atom stereocenters. The number of aromatic amines is 1. The van der Waals surface area contributed by atoms with Gasteiger partial charge in [0.2, 0.25) is 5.91 Å². The summed E-state index contributed by atoms with van der Waals surface area (Å²) in [6, 6.07) is 0. The molecular weight excluding hydrogens is 424 g/mol. The van der Waals surface area contributed by atoms with E-state index in [-0.39, 0.29) is 23.8 Å². The molecule has 3 heterocycles. The number of carbonyl (C=O) groups excluding carboxylic acids is 3. The van der Waals surface area contributed by atoms with Crippen molar-refractivity contribution in [1.29, 1.82) is 0 Å². The number of hydrogen-bond acceptors (Lipinski definition) is 6. The van der Waals surface area contributed by atoms with Crippen LogP contribution < -0.4 is 5.32 Å². The van der Waals surface area contributed by atoms with Crippen LogP contribution in [0.1, 0.15) is 65.2 Å². The summed E-state index contributed by atoms with van der Waals surface area (Å²) in [5, 5.41) is 3.05. The van der Waals surface area contributed by atoms with E-state index in [9.17, 15) is 14.4 Å². The van der Waals surface area contributed by atoms with E-state index in [0.717, 1.165) is 52.1 Å². The number of morpholine rings is 1. The van der Waals surface area contributed by atoms with Gasteiger partial charge in [-0.2, -0.15) is 0 Å². The monoisotopic (exact) mass is 462 g/mol. The normalized spacial score (nSPS) is 19.5. The Bertz CT molecular complexity index is 844. The lowest BCUT2D eigenvalue weighted by atomic mass is 9.96. The molecule has 9 heteroatoms. The molecule has 0 aromatic carbocycles. The van der Waals surface area contributed by atoms with Gasteiger partial charge in [-0.1, -0.05) is 0 Å². The Labute approximate surface area is 196 Å². The van der Waals surface area contributed by atoms with E-state index >= 15 is 0 Å². The van der Waals surface area contributed by atoms with Crippen LogP contribution in [0.25, 0.3) is 0 Å². The Hall–Kier alpha value is -2.39. The van der Waals surface area contributed by atoms with Gasteiger partial charge >= 0.3 is 5.97 Å². The van der Waals surface area contributed by atoms with Crippen molar-refractivity contribution in [3.63, 3.8) is 0 Å². The number of aryl methyl sites for hydroxylation is 1. The van der Waals surface area contributed by atoms with Crippen molar-refractivity contribution >= 4 is 17.8 Å². The third-order valence-electron chi connectivity index (χ3n) is 6.33. The molecule has 0 radical (unpaired) electrons. The molecule has 0 aliphatic carbocycles. The molecule has 1 atom stereocenters. The van der Waals surface area contributed by atoms with Crippen LogP contribution in [0, 0.1) is 19.8 Å². The van der Waals surface area contributed by atoms with E-state index in [4.69, 9.17) is 9.47 Å². The Morgan fingerprint density at radius 2 is 1.91 bits per heavy atom. The molecule has 2 saturated heterocycles. The summed E-state index contributed by atoms with van der Waals surface area (Å²) in [5.74, 6) is -0.810. The van der Waals surface area contributed by atoms with E-state index in [1.165, 1.54) is 0 Å². The SMILES string of the molecule is Cc1[nH]c(C(=O)N2CCC[C@H](C(=O)NCCCN3CCOCC3)C2)c(C)c1C(=O)OC(C)C. The maximum Gasteiger partial charge on any atom is 0.340 e. The second kappa shape index (κ2) is 11.7. The highest BCUT2D eigenvalue weighted by atomic mass is 16.5. The van der Waals surface area contributed by atoms with Gasteiger partial charge in [-0.15, -0.1) is 0 Å². The van der Waals surface area contributed by atoms with Gasteiger partial charge in [0.1, 0.15) is 5.69 Å². The summed E-state index contributed by atoms with van der Waals surface area (Å²) in [5.41, 5.74) is 2.03. The van der Waals surface area contributed by atoms with Crippen LogP contribution in [0.15, 0.2) is 0 Å². The van der Waals surface area contributed by atoms with Crippen molar-refractivity contribution in [2.24, 2.45) is 5.92 Å². The number of nitrogens with one attached hydrogen (secondary N) is 2. The zero-order chi connectivity index (χ0) is 24.0. The number of H-pyrrole nitrogens is 1. The molecule has 2 fully saturated rings. The number of piperidine rings is 1. The second-order valence-corrected chi connectivity index (χ2v) is 9.27. The molecule has 0 spiro atoms. The van der Waals surface area contributed by atoms with Crippen LogP contribution in [-0.2, 0) is 14.3 Å². The summed E-state index contributed by atoms with van der Waals surface area (Å²) < 4.78 is 10.7. The lowest BCUT2D eigenvalue weighted by Gasteiger charge is -2.32. The second-order valence-electron chi connectivity index (χ2n) is 9.27. The quantitative estimate of drug-likeness (QED) is 0.452. The van der Waals surface area contributed by atoms with Crippen molar-refractivity contribution in [3.8, 4) is 0 Å². The van der Waals surface area contributed by atoms with Gasteiger partial charge in [0.25, 0.3) is 5.91 Å². The molecule has 1 aromatic heterocycles. The van der Waals surface area contributed by atoms with Crippen LogP contribution in [0.3, 0.4) is 0 Å². The average Bonchev–Trinajstić information content (AvgIpc) is 3.10. The van der Waals surface area contributed by atoms with Crippen molar-refractivity contribution in [1.82, 2.24) is 20.1 Å². The number of rotatable bonds is 8. The first-order valence-corrected chi connectivity index (χ1v) is 12.0. The predicted octanol–water partition coefficient (Wildman–Crippen LogP) is 1.89. The molecule has 3 rings (SSSR count). The Morgan fingerprint density at radius 3 is 2.61 bits per heavy atom. The fourth-order valence-electron chi connectivity index (χ4n) is 4.56. The maximum absolute atomic E-state index is 13.2. The minimum Gasteiger partial charge on any atom is -0.459 e. The van der Waals surface area contributed by atoms with Gasteiger partial charge in [-0.25, -0.2) is 4.79 Å². The van der Waals surface area contributed by atoms with Crippen LogP contribution >= 0.6 is 0 Å². The molecule has 184 valence electrons. The molecule has 1 aromatic rings. The highest BCUT2D eigenvalue weighted by Crippen LogP contribution is 2.24. The summed E-state index contributed by atoms with van der Waals surface area (Å²) in [6.45, 7) is 13.1. The lowest BCUT2D eigenvalue weighted by Crippen LogP contribution is -2.46. The summed E-state index contributed by atoms with van der Waals surface area (Å²) in [4.78, 5) is 45.5. The maximum atomic E-state index is 13.2. The highest BCUT2D eigenvalue weighted by Gasteiger charge is 2.32. The van der Waals surface area contributed by atoms with Crippen molar-refractivity contribution < 1.29 is 23.9 Å². The smallest absolute Gasteiger partial charge is 0.340 e. The molecule has 0 saturated carbocycles. The zero-order valence-corrected chi connectivity index (χ0v) is 20.4. The van der Waals surface area contributed by atoms with Gasteiger partial charge in [-0.05, 0) is 59.1 Å². The summed E-state index contributed by atoms with van der Waals surface area (Å²) >= 11 is 0. The molecule has 2 aliphatic heterocycles. The summed E-state index contributed by atoms with van der Waals surface area (Å²) in [7, 11) is 0. The van der Waals surface area contributed by atoms with Crippen LogP contribution in [0.4, 0.5) is 0 Å². The van der Waals surface area contributed by atoms with Gasteiger partial charge in [-0.3, -0.25) is 14.5 Å². The Morgan fingerprint density at radius 1 is 1.18 bits per heavy atom. The Balaban J connectivity index is 1.53. The number of esters is 1. The van der Waals surface area contributed by atoms with Gasteiger partial charge in [0, 0.05) is 38.4 Å². The molecule has 9 nitrogen and oxygen atoms in total. The largest absolute Gasteiger partial charge is 0.459 e. The van der Waals surface area contributed by atoms with E-state index in [1.54, 1.807) is 32.6 Å². The first-order chi connectivity index (χ1) is 15.8. The zero-order valence-electron chi connectivity index (χ0n) is 20.4. The molecule has 2 aliphatic rings. The standard InChI is InChI=1S/C24H38N4O5/c1-16(2)33-24(31)20-17(3)21(26-18(20)4)23(30)28-10-5-7-19(15-28)22(29)25-8-6-9-27-11-13-32-14-12-27/h16,19,26H,5-15H2,1-4H3,(H,25,29)/t19-/m0/s1. The first kappa shape index (κ1) is 25.2. The van der Waals surface area contributed by atoms with E-state index in [0.29, 0.717) is 42.1 Å². The van der Waals surface area contributed by atoms with Crippen LogP contribution in [0.2, 0.25) is 0 Å². The topological polar surface area (TPSA) is 104 Å². The number of ether oxygens (including phenoxy) is 2. The van der Waals surface area contributed by atoms with Crippen LogP contribution in [0.5, 0.6) is 0 Å². The number of carbonyl (C=O) groups is 3. The highest BCUT2D eigenvalue weighted by molar-refractivity contribution is 6.00. The minimum absolute atomic E-state index is 0.00932. The molecule has 2 N–H and O–H groups in total. The average molecular weight is 463 g/mol. The number of amides is 2. The number of aromatic nitrogens is 1.